The first-order valence-corrected chi connectivity index (χ1v) is 37.2. The molecule has 3 aromatic carbocycles. The van der Waals surface area contributed by atoms with E-state index in [1.54, 1.807) is 26.3 Å². The number of piperidine rings is 1. The van der Waals surface area contributed by atoms with Gasteiger partial charge in [0.2, 0.25) is 0 Å². The summed E-state index contributed by atoms with van der Waals surface area (Å²) in [6, 6.07) is 30.8. The van der Waals surface area contributed by atoms with E-state index < -0.39 is 90.9 Å². The number of carbonyl (C=O) groups excluding carboxylic acids is 2. The molecule has 0 spiro atoms. The van der Waals surface area contributed by atoms with Gasteiger partial charge in [0.1, 0.15) is 31.0 Å². The van der Waals surface area contributed by atoms with Crippen LogP contribution >= 0.6 is 0 Å². The minimum Gasteiger partial charge on any atom is -0.458 e. The van der Waals surface area contributed by atoms with Crippen molar-refractivity contribution < 1.29 is 78.1 Å². The number of hydrogen-bond acceptors (Lipinski definition) is 18. The van der Waals surface area contributed by atoms with Crippen LogP contribution in [0.4, 0.5) is 0 Å². The van der Waals surface area contributed by atoms with Gasteiger partial charge < -0.3 is 87.9 Å². The lowest BCUT2D eigenvalue weighted by molar-refractivity contribution is -0.336. The first kappa shape index (κ1) is 71.5. The molecule has 16 rings (SSSR count). The summed E-state index contributed by atoms with van der Waals surface area (Å²) in [5, 5.41) is 67.9. The Bertz CT molecular complexity index is 3600. The number of aryl methyl sites for hydroxylation is 2. The van der Waals surface area contributed by atoms with Crippen molar-refractivity contribution in [3.8, 4) is 0 Å². The first-order valence-electron chi connectivity index (χ1n) is 37.2. The highest BCUT2D eigenvalue weighted by atomic mass is 16.7. The number of H-pyrrole nitrogens is 1. The fourth-order valence-corrected chi connectivity index (χ4v) is 20.4. The van der Waals surface area contributed by atoms with Gasteiger partial charge in [-0.1, -0.05) is 92.7 Å². The number of cyclic esters (lactones) is 1. The summed E-state index contributed by atoms with van der Waals surface area (Å²) < 4.78 is 50.9. The van der Waals surface area contributed by atoms with Gasteiger partial charge in [-0.3, -0.25) is 4.79 Å². The average molecular weight is 1380 g/mol. The lowest BCUT2D eigenvalue weighted by Crippen LogP contribution is -2.67. The van der Waals surface area contributed by atoms with Gasteiger partial charge in [0.15, 0.2) is 18.9 Å². The summed E-state index contributed by atoms with van der Waals surface area (Å²) in [6.45, 7) is 13.2. The number of rotatable bonds is 13. The highest BCUT2D eigenvalue weighted by Gasteiger charge is 2.71. The Hall–Kier alpha value is -5.47. The SMILES string of the molecule is CN1[C@@H]2CC[C@H]1CC(OC(c1ccccc1)c1ccccc1)C2.C[C@H]1O[C@@H](O[C@H]2[C@@H](O)C[C@H](O[C@H]3[C@@H](O)C[C@H](O[C@H]4CC[C@@]5(C)[C@H](CC[C@@H]6[C@@H]5C[C@@H](O)[C@]5(C)[C@@H](C7=CC(=O)OC7)CC[C@]65O)C4)O[C@@H]3C)O[C@@H]2C)C[C@H](O)[C@@H]1O.Cc1[nH]cnc1CN1CCc2c(c3ccccc3n2C)C1=O. The molecular weight excluding hydrogens is 1270 g/mol. The molecule has 544 valence electrons. The molecule has 24 atom stereocenters. The zero-order valence-electron chi connectivity index (χ0n) is 59.4. The molecule has 7 N–H and O–H groups in total. The number of carbonyl (C=O) groups is 2. The van der Waals surface area contributed by atoms with Crippen molar-refractivity contribution in [3.05, 3.63) is 137 Å². The number of imidazole rings is 1. The smallest absolute Gasteiger partial charge is 0.331 e. The van der Waals surface area contributed by atoms with Crippen molar-refractivity contribution in [3.63, 3.8) is 0 Å². The zero-order valence-corrected chi connectivity index (χ0v) is 59.4. The van der Waals surface area contributed by atoms with Crippen LogP contribution in [0.3, 0.4) is 0 Å². The molecule has 2 bridgehead atoms. The number of hydrogen-bond donors (Lipinski definition) is 7. The van der Waals surface area contributed by atoms with Gasteiger partial charge >= 0.3 is 5.97 Å². The van der Waals surface area contributed by atoms with Gasteiger partial charge in [-0.25, -0.2) is 9.78 Å². The quantitative estimate of drug-likeness (QED) is 0.0428. The second-order valence-electron chi connectivity index (χ2n) is 31.6. The Balaban J connectivity index is 0.000000153. The van der Waals surface area contributed by atoms with E-state index in [2.05, 4.69) is 100 Å². The molecular formula is C79H107N5O16. The van der Waals surface area contributed by atoms with E-state index in [-0.39, 0.29) is 73.1 Å². The largest absolute Gasteiger partial charge is 0.458 e. The number of nitrogens with one attached hydrogen (secondary N) is 1. The lowest BCUT2D eigenvalue weighted by Gasteiger charge is -2.65. The third kappa shape index (κ3) is 13.6. The Morgan fingerprint density at radius 3 is 1.88 bits per heavy atom. The van der Waals surface area contributed by atoms with E-state index in [1.807, 2.05) is 50.9 Å². The second-order valence-corrected chi connectivity index (χ2v) is 31.6. The molecule has 9 fully saturated rings. The number of ether oxygens (including phenoxy) is 8. The molecule has 100 heavy (non-hydrogen) atoms. The van der Waals surface area contributed by atoms with Crippen LogP contribution in [-0.4, -0.2) is 197 Å². The van der Waals surface area contributed by atoms with E-state index in [0.29, 0.717) is 43.5 Å². The van der Waals surface area contributed by atoms with Crippen LogP contribution in [0.1, 0.15) is 176 Å². The van der Waals surface area contributed by atoms with Gasteiger partial charge in [0, 0.05) is 85.1 Å². The third-order valence-electron chi connectivity index (χ3n) is 26.2. The van der Waals surface area contributed by atoms with E-state index in [0.717, 1.165) is 90.6 Å². The summed E-state index contributed by atoms with van der Waals surface area (Å²) in [6.07, 6.45) is 6.48. The molecule has 0 radical (unpaired) electrons. The topological polar surface area (TPSA) is 269 Å². The number of amides is 1. The van der Waals surface area contributed by atoms with Crippen LogP contribution in [0.25, 0.3) is 10.9 Å². The molecule has 1 amide bonds. The molecule has 1 unspecified atom stereocenters. The number of para-hydroxylation sites is 1. The van der Waals surface area contributed by atoms with Crippen molar-refractivity contribution in [2.24, 2.45) is 41.5 Å². The van der Waals surface area contributed by atoms with Crippen LogP contribution in [0.15, 0.2) is 103 Å². The number of aliphatic hydroxyl groups is 6. The van der Waals surface area contributed by atoms with E-state index in [4.69, 9.17) is 37.9 Å². The highest BCUT2D eigenvalue weighted by Crippen LogP contribution is 2.70. The van der Waals surface area contributed by atoms with Crippen LogP contribution in [0.2, 0.25) is 0 Å². The predicted octanol–water partition coefficient (Wildman–Crippen LogP) is 9.04. The Morgan fingerprint density at radius 1 is 0.670 bits per heavy atom. The normalized spacial score (nSPS) is 40.1. The van der Waals surface area contributed by atoms with Crippen molar-refractivity contribution in [1.29, 1.82) is 0 Å². The summed E-state index contributed by atoms with van der Waals surface area (Å²) >= 11 is 0. The fourth-order valence-electron chi connectivity index (χ4n) is 20.4. The van der Waals surface area contributed by atoms with Crippen LogP contribution < -0.4 is 0 Å². The molecule has 21 nitrogen and oxygen atoms in total. The molecule has 5 saturated heterocycles. The van der Waals surface area contributed by atoms with Crippen molar-refractivity contribution in [2.45, 2.75) is 267 Å². The number of esters is 1. The zero-order chi connectivity index (χ0) is 70.1. The molecule has 2 aromatic heterocycles. The lowest BCUT2D eigenvalue weighted by atomic mass is 9.42. The van der Waals surface area contributed by atoms with Gasteiger partial charge in [0.05, 0.1) is 84.7 Å². The summed E-state index contributed by atoms with van der Waals surface area (Å²) in [5.41, 5.74) is 6.71. The highest BCUT2D eigenvalue weighted by molar-refractivity contribution is 6.09. The Kier molecular flexibility index (Phi) is 20.9. The minimum atomic E-state index is -1.01. The van der Waals surface area contributed by atoms with Crippen molar-refractivity contribution >= 4 is 22.8 Å². The van der Waals surface area contributed by atoms with Gasteiger partial charge in [-0.2, -0.15) is 0 Å². The standard InChI is InChI=1S/C41H64O14.C21H25NO.C17H18N4O/c1-19-36(47)28(42)15-34(50-19)54-38-21(3)52-35(17-30(38)44)55-37-20(2)51-33(16-29(37)43)53-24-8-10-39(4)23(13-24)6-7-26-27(39)14-31(45)40(5)25(9-11-41(26,40)48)22-12-32(46)49-18-22;1-22-18-12-13-19(22)15-20(14-18)23-21(16-8-4-2-5-9-16)17-10-6-3-7-11-17;1-11-13(19-10-18-11)9-21-8-7-15-16(17(21)22)12-5-3-4-6-14(12)20(15)2/h12,19-21,23-31,33-38,42-45,47-48H,6-11,13-18H2,1-5H3;2-11,18-21H,12-15H2,1H3;3-6,10H,7-9H2,1-2H3,(H,18,19)/t19-,20-,21-,23-,24+,25-,26-,27+,28+,29+,30+,31-,33+,34+,35+,36-,37-,38-,39+,40+,41+;18-,19+,20?;/m1../s1. The van der Waals surface area contributed by atoms with E-state index >= 15 is 0 Å². The number of fused-ring (bicyclic) bond motifs is 10. The Morgan fingerprint density at radius 2 is 1.28 bits per heavy atom. The summed E-state index contributed by atoms with van der Waals surface area (Å²) in [7, 11) is 4.33. The average Bonchev–Trinajstić information content (AvgIpc) is 1.47. The van der Waals surface area contributed by atoms with Crippen LogP contribution in [0, 0.1) is 41.4 Å². The predicted molar refractivity (Wildman–Crippen MR) is 371 cm³/mol. The van der Waals surface area contributed by atoms with Gasteiger partial charge in [-0.05, 0) is 164 Å². The van der Waals surface area contributed by atoms with Crippen LogP contribution in [-0.2, 0) is 62.7 Å². The third-order valence-corrected chi connectivity index (χ3v) is 26.2. The molecule has 5 aromatic rings. The molecule has 4 aliphatic carbocycles. The number of benzene rings is 3. The Labute approximate surface area is 587 Å². The number of aromatic amines is 1. The molecule has 21 heteroatoms. The summed E-state index contributed by atoms with van der Waals surface area (Å²) in [4.78, 5) is 36.8. The maximum Gasteiger partial charge on any atom is 0.331 e. The number of aliphatic hydroxyl groups excluding tert-OH is 5. The fraction of sp³-hybridized carbons (Fsp3) is 0.658. The summed E-state index contributed by atoms with van der Waals surface area (Å²) in [5.74, 6) is 0.316. The molecule has 9 heterocycles. The second kappa shape index (κ2) is 29.2. The van der Waals surface area contributed by atoms with Gasteiger partial charge in [0.25, 0.3) is 5.91 Å². The monoisotopic (exact) mass is 1380 g/mol. The van der Waals surface area contributed by atoms with Gasteiger partial charge in [-0.15, -0.1) is 0 Å². The molecule has 7 aliphatic heterocycles. The van der Waals surface area contributed by atoms with Crippen molar-refractivity contribution in [1.82, 2.24) is 24.3 Å². The van der Waals surface area contributed by atoms with Crippen LogP contribution in [0.5, 0.6) is 0 Å². The van der Waals surface area contributed by atoms with E-state index in [1.165, 1.54) is 36.8 Å². The molecule has 11 aliphatic rings. The number of nitrogens with zero attached hydrogens (tertiary/aromatic N) is 4. The maximum atomic E-state index is 13.0. The maximum absolute atomic E-state index is 13.0. The first-order chi connectivity index (χ1) is 48.0. The van der Waals surface area contributed by atoms with Crippen molar-refractivity contribution in [2.75, 3.05) is 20.2 Å². The molecule has 4 saturated carbocycles. The number of aromatic nitrogens is 3. The minimum absolute atomic E-state index is 0.0452. The van der Waals surface area contributed by atoms with E-state index in [9.17, 15) is 40.2 Å².